The first-order valence-electron chi connectivity index (χ1n) is 8.38. The number of hydrogen-bond acceptors (Lipinski definition) is 4. The third kappa shape index (κ3) is 3.73. The van der Waals surface area contributed by atoms with Gasteiger partial charge in [0.15, 0.2) is 5.82 Å². The standard InChI is InChI=1S/C20H10ClF4N3OS/c21-9-5-11-12(8-27-20(11)26-7-9)19(29)17-14(24)3-4-15(18(17)25)28-30-16-6-10(22)1-2-13(16)23/h1-8,28H,(H,26,27). The van der Waals surface area contributed by atoms with Crippen LogP contribution in [0.5, 0.6) is 0 Å². The normalized spacial score (nSPS) is 11.1. The van der Waals surface area contributed by atoms with E-state index < -0.39 is 34.6 Å². The van der Waals surface area contributed by atoms with Gasteiger partial charge in [0.05, 0.1) is 21.2 Å². The molecule has 0 spiro atoms. The predicted molar refractivity (Wildman–Crippen MR) is 107 cm³/mol. The van der Waals surface area contributed by atoms with Crippen LogP contribution in [0.1, 0.15) is 15.9 Å². The molecule has 2 aromatic heterocycles. The molecule has 0 fully saturated rings. The van der Waals surface area contributed by atoms with Crippen molar-refractivity contribution in [1.29, 1.82) is 0 Å². The number of ketones is 1. The Balaban J connectivity index is 1.69. The number of carbonyl (C=O) groups excluding carboxylic acids is 1. The minimum atomic E-state index is -1.17. The second-order valence-corrected chi connectivity index (χ2v) is 7.43. The highest BCUT2D eigenvalue weighted by atomic mass is 35.5. The highest BCUT2D eigenvalue weighted by Crippen LogP contribution is 2.31. The van der Waals surface area contributed by atoms with Crippen LogP contribution in [-0.4, -0.2) is 15.8 Å². The summed E-state index contributed by atoms with van der Waals surface area (Å²) in [6.07, 6.45) is 2.65. The van der Waals surface area contributed by atoms with Crippen molar-refractivity contribution in [2.45, 2.75) is 4.90 Å². The number of nitrogens with zero attached hydrogens (tertiary/aromatic N) is 1. The smallest absolute Gasteiger partial charge is 0.201 e. The zero-order valence-corrected chi connectivity index (χ0v) is 16.3. The summed E-state index contributed by atoms with van der Waals surface area (Å²) in [5, 5.41) is 0.557. The van der Waals surface area contributed by atoms with Crippen LogP contribution in [0.4, 0.5) is 23.2 Å². The van der Waals surface area contributed by atoms with E-state index in [9.17, 15) is 22.4 Å². The summed E-state index contributed by atoms with van der Waals surface area (Å²) in [6, 6.07) is 6.19. The lowest BCUT2D eigenvalue weighted by atomic mass is 10.0. The number of carbonyl (C=O) groups is 1. The van der Waals surface area contributed by atoms with E-state index in [-0.39, 0.29) is 21.2 Å². The number of aromatic nitrogens is 2. The largest absolute Gasteiger partial charge is 0.345 e. The molecule has 4 aromatic rings. The average Bonchev–Trinajstić information content (AvgIpc) is 3.12. The van der Waals surface area contributed by atoms with Gasteiger partial charge in [-0.25, -0.2) is 22.5 Å². The molecule has 0 aliphatic heterocycles. The van der Waals surface area contributed by atoms with E-state index in [1.807, 2.05) is 0 Å². The third-order valence-corrected chi connectivity index (χ3v) is 5.29. The maximum Gasteiger partial charge on any atom is 0.201 e. The molecule has 30 heavy (non-hydrogen) atoms. The number of benzene rings is 2. The predicted octanol–water partition coefficient (Wildman–Crippen LogP) is 6.12. The van der Waals surface area contributed by atoms with Gasteiger partial charge in [-0.1, -0.05) is 11.6 Å². The van der Waals surface area contributed by atoms with E-state index in [4.69, 9.17) is 11.6 Å². The fourth-order valence-electron chi connectivity index (χ4n) is 2.81. The Kier molecular flexibility index (Phi) is 5.40. The average molecular weight is 452 g/mol. The molecule has 0 amide bonds. The topological polar surface area (TPSA) is 57.8 Å². The molecule has 0 aliphatic rings. The molecule has 0 unspecified atom stereocenters. The number of hydrogen-bond donors (Lipinski definition) is 2. The Morgan fingerprint density at radius 3 is 2.63 bits per heavy atom. The molecule has 152 valence electrons. The molecule has 2 heterocycles. The number of H-pyrrole nitrogens is 1. The zero-order chi connectivity index (χ0) is 21.4. The molecule has 0 saturated heterocycles. The molecular weight excluding hydrogens is 442 g/mol. The van der Waals surface area contributed by atoms with E-state index in [1.54, 1.807) is 0 Å². The van der Waals surface area contributed by atoms with Crippen molar-refractivity contribution < 1.29 is 22.4 Å². The number of halogens is 5. The van der Waals surface area contributed by atoms with Gasteiger partial charge in [0, 0.05) is 23.3 Å². The first kappa shape index (κ1) is 20.2. The Labute approximate surface area is 176 Å². The molecule has 0 radical (unpaired) electrons. The van der Waals surface area contributed by atoms with Crippen LogP contribution in [0.15, 0.2) is 53.7 Å². The molecule has 0 aliphatic carbocycles. The van der Waals surface area contributed by atoms with Crippen LogP contribution in [-0.2, 0) is 0 Å². The Morgan fingerprint density at radius 1 is 1.07 bits per heavy atom. The summed E-state index contributed by atoms with van der Waals surface area (Å²) >= 11 is 6.49. The molecule has 10 heteroatoms. The van der Waals surface area contributed by atoms with Gasteiger partial charge in [-0.05, 0) is 48.3 Å². The molecular formula is C20H10ClF4N3OS. The summed E-state index contributed by atoms with van der Waals surface area (Å²) in [7, 11) is 0. The zero-order valence-electron chi connectivity index (χ0n) is 14.8. The molecule has 0 bridgehead atoms. The van der Waals surface area contributed by atoms with Crippen LogP contribution in [0.2, 0.25) is 5.02 Å². The van der Waals surface area contributed by atoms with Crippen LogP contribution in [0.25, 0.3) is 11.0 Å². The summed E-state index contributed by atoms with van der Waals surface area (Å²) in [6.45, 7) is 0. The summed E-state index contributed by atoms with van der Waals surface area (Å²) < 4.78 is 58.9. The summed E-state index contributed by atoms with van der Waals surface area (Å²) in [4.78, 5) is 19.5. The fraction of sp³-hybridized carbons (Fsp3) is 0. The lowest BCUT2D eigenvalue weighted by molar-refractivity contribution is 0.103. The van der Waals surface area contributed by atoms with Crippen molar-refractivity contribution in [3.05, 3.63) is 88.2 Å². The van der Waals surface area contributed by atoms with Crippen molar-refractivity contribution in [3.8, 4) is 0 Å². The second-order valence-electron chi connectivity index (χ2n) is 6.14. The summed E-state index contributed by atoms with van der Waals surface area (Å²) in [5.41, 5.74) is -0.764. The monoisotopic (exact) mass is 451 g/mol. The Morgan fingerprint density at radius 2 is 1.83 bits per heavy atom. The van der Waals surface area contributed by atoms with Gasteiger partial charge < -0.3 is 9.71 Å². The van der Waals surface area contributed by atoms with Crippen molar-refractivity contribution in [3.63, 3.8) is 0 Å². The number of fused-ring (bicyclic) bond motifs is 1. The van der Waals surface area contributed by atoms with Gasteiger partial charge in [0.2, 0.25) is 5.78 Å². The van der Waals surface area contributed by atoms with E-state index >= 15 is 0 Å². The number of rotatable bonds is 5. The van der Waals surface area contributed by atoms with Crippen molar-refractivity contribution >= 4 is 46.1 Å². The minimum absolute atomic E-state index is 0.0150. The first-order chi connectivity index (χ1) is 14.3. The lowest BCUT2D eigenvalue weighted by Gasteiger charge is -2.11. The number of pyridine rings is 1. The van der Waals surface area contributed by atoms with E-state index in [2.05, 4.69) is 14.7 Å². The molecule has 4 nitrogen and oxygen atoms in total. The van der Waals surface area contributed by atoms with E-state index in [0.717, 1.165) is 30.3 Å². The highest BCUT2D eigenvalue weighted by Gasteiger charge is 2.24. The van der Waals surface area contributed by atoms with Crippen LogP contribution in [0, 0.1) is 23.3 Å². The van der Waals surface area contributed by atoms with Gasteiger partial charge >= 0.3 is 0 Å². The SMILES string of the molecule is O=C(c1c(F)ccc(NSc2cc(F)ccc2F)c1F)c1c[nH]c2ncc(Cl)cc12. The van der Waals surface area contributed by atoms with Gasteiger partial charge in [-0.2, -0.15) is 0 Å². The van der Waals surface area contributed by atoms with Gasteiger partial charge in [-0.3, -0.25) is 4.79 Å². The van der Waals surface area contributed by atoms with Crippen molar-refractivity contribution in [1.82, 2.24) is 9.97 Å². The lowest BCUT2D eigenvalue weighted by Crippen LogP contribution is -2.09. The number of anilines is 1. The van der Waals surface area contributed by atoms with E-state index in [0.29, 0.717) is 23.0 Å². The molecule has 2 aromatic carbocycles. The highest BCUT2D eigenvalue weighted by molar-refractivity contribution is 8.00. The first-order valence-corrected chi connectivity index (χ1v) is 9.58. The maximum absolute atomic E-state index is 15.0. The van der Waals surface area contributed by atoms with Crippen LogP contribution < -0.4 is 4.72 Å². The van der Waals surface area contributed by atoms with Gasteiger partial charge in [0.25, 0.3) is 0 Å². The van der Waals surface area contributed by atoms with Gasteiger partial charge in [-0.15, -0.1) is 0 Å². The van der Waals surface area contributed by atoms with Crippen LogP contribution in [0.3, 0.4) is 0 Å². The quantitative estimate of drug-likeness (QED) is 0.218. The summed E-state index contributed by atoms with van der Waals surface area (Å²) in [5.74, 6) is -4.58. The molecule has 0 atom stereocenters. The van der Waals surface area contributed by atoms with Crippen molar-refractivity contribution in [2.24, 2.45) is 0 Å². The van der Waals surface area contributed by atoms with Gasteiger partial charge in [0.1, 0.15) is 23.1 Å². The molecule has 2 N–H and O–H groups in total. The number of nitrogens with one attached hydrogen (secondary N) is 2. The van der Waals surface area contributed by atoms with E-state index in [1.165, 1.54) is 18.5 Å². The van der Waals surface area contributed by atoms with Crippen molar-refractivity contribution in [2.75, 3.05) is 4.72 Å². The minimum Gasteiger partial charge on any atom is -0.345 e. The maximum atomic E-state index is 15.0. The number of aromatic amines is 1. The Hall–Kier alpha value is -3.04. The molecule has 4 rings (SSSR count). The van der Waals surface area contributed by atoms with Crippen LogP contribution >= 0.6 is 23.5 Å². The molecule has 0 saturated carbocycles. The Bertz CT molecular complexity index is 1290. The third-order valence-electron chi connectivity index (χ3n) is 4.22. The fourth-order valence-corrected chi connectivity index (χ4v) is 3.68. The second kappa shape index (κ2) is 8.00.